The number of pyridine rings is 1. The van der Waals surface area contributed by atoms with Crippen LogP contribution in [0.25, 0.3) is 0 Å². The zero-order chi connectivity index (χ0) is 13.6. The van der Waals surface area contributed by atoms with E-state index in [9.17, 15) is 4.79 Å². The molecule has 0 saturated carbocycles. The van der Waals surface area contributed by atoms with Gasteiger partial charge in [-0.25, -0.2) is 0 Å². The van der Waals surface area contributed by atoms with Crippen molar-refractivity contribution in [3.63, 3.8) is 0 Å². The molecule has 1 rings (SSSR count). The summed E-state index contributed by atoms with van der Waals surface area (Å²) in [5.74, 6) is 0.0761. The number of hydrogen-bond acceptors (Lipinski definition) is 3. The van der Waals surface area contributed by atoms with Crippen molar-refractivity contribution < 1.29 is 4.79 Å². The van der Waals surface area contributed by atoms with E-state index in [4.69, 9.17) is 0 Å². The fourth-order valence-corrected chi connectivity index (χ4v) is 1.60. The minimum absolute atomic E-state index is 0.0761. The van der Waals surface area contributed by atoms with Gasteiger partial charge in [-0.3, -0.25) is 9.78 Å². The zero-order valence-electron chi connectivity index (χ0n) is 11.7. The van der Waals surface area contributed by atoms with E-state index < -0.39 is 0 Å². The van der Waals surface area contributed by atoms with Crippen LogP contribution in [0.5, 0.6) is 0 Å². The fourth-order valence-electron chi connectivity index (χ4n) is 1.60. The first-order valence-electron chi connectivity index (χ1n) is 6.31. The lowest BCUT2D eigenvalue weighted by Gasteiger charge is -2.20. The van der Waals surface area contributed by atoms with Crippen molar-refractivity contribution in [1.29, 1.82) is 0 Å². The largest absolute Gasteiger partial charge is 0.351 e. The van der Waals surface area contributed by atoms with Crippen molar-refractivity contribution in [3.05, 3.63) is 29.6 Å². The molecule has 1 heterocycles. The van der Waals surface area contributed by atoms with E-state index >= 15 is 0 Å². The highest BCUT2D eigenvalue weighted by molar-refractivity contribution is 5.76. The Balaban J connectivity index is 2.21. The molecular formula is C14H23N3O. The van der Waals surface area contributed by atoms with Crippen molar-refractivity contribution in [3.8, 4) is 0 Å². The van der Waals surface area contributed by atoms with Crippen LogP contribution in [-0.2, 0) is 11.3 Å². The highest BCUT2D eigenvalue weighted by Crippen LogP contribution is 1.99. The highest BCUT2D eigenvalue weighted by Gasteiger charge is 2.12. The van der Waals surface area contributed by atoms with Crippen LogP contribution in [-0.4, -0.2) is 23.0 Å². The SMILES string of the molecule is Cc1cccc(CNCCC(=O)NC(C)(C)C)n1. The maximum absolute atomic E-state index is 11.6. The third kappa shape index (κ3) is 6.35. The second-order valence-electron chi connectivity index (χ2n) is 5.50. The number of hydrogen-bond donors (Lipinski definition) is 2. The van der Waals surface area contributed by atoms with E-state index in [0.717, 1.165) is 11.4 Å². The van der Waals surface area contributed by atoms with Crippen LogP contribution in [0.1, 0.15) is 38.6 Å². The van der Waals surface area contributed by atoms with Crippen LogP contribution in [0.15, 0.2) is 18.2 Å². The molecule has 0 atom stereocenters. The molecule has 100 valence electrons. The number of carbonyl (C=O) groups excluding carboxylic acids is 1. The summed E-state index contributed by atoms with van der Waals surface area (Å²) in [6.07, 6.45) is 0.489. The summed E-state index contributed by atoms with van der Waals surface area (Å²) in [6, 6.07) is 5.95. The highest BCUT2D eigenvalue weighted by atomic mass is 16.1. The Hall–Kier alpha value is -1.42. The maximum atomic E-state index is 11.6. The second kappa shape index (κ2) is 6.50. The van der Waals surface area contributed by atoms with Crippen molar-refractivity contribution >= 4 is 5.91 Å². The first-order valence-corrected chi connectivity index (χ1v) is 6.31. The van der Waals surface area contributed by atoms with E-state index in [-0.39, 0.29) is 11.4 Å². The molecule has 1 aromatic rings. The van der Waals surface area contributed by atoms with Gasteiger partial charge in [-0.1, -0.05) is 6.07 Å². The van der Waals surface area contributed by atoms with E-state index in [0.29, 0.717) is 19.5 Å². The Kier molecular flexibility index (Phi) is 5.28. The molecule has 2 N–H and O–H groups in total. The number of nitrogens with zero attached hydrogens (tertiary/aromatic N) is 1. The molecule has 0 bridgehead atoms. The van der Waals surface area contributed by atoms with Gasteiger partial charge in [0, 0.05) is 30.7 Å². The number of amides is 1. The Morgan fingerprint density at radius 1 is 1.33 bits per heavy atom. The Labute approximate surface area is 109 Å². The van der Waals surface area contributed by atoms with Crippen LogP contribution < -0.4 is 10.6 Å². The van der Waals surface area contributed by atoms with Crippen LogP contribution in [0.4, 0.5) is 0 Å². The number of rotatable bonds is 5. The lowest BCUT2D eigenvalue weighted by molar-refractivity contribution is -0.122. The number of aryl methyl sites for hydroxylation is 1. The Bertz CT molecular complexity index is 396. The minimum atomic E-state index is -0.158. The molecule has 0 aliphatic heterocycles. The second-order valence-corrected chi connectivity index (χ2v) is 5.50. The van der Waals surface area contributed by atoms with Crippen LogP contribution in [0.2, 0.25) is 0 Å². The molecule has 0 spiro atoms. The molecule has 0 fully saturated rings. The lowest BCUT2D eigenvalue weighted by Crippen LogP contribution is -2.41. The fraction of sp³-hybridized carbons (Fsp3) is 0.571. The Morgan fingerprint density at radius 3 is 2.67 bits per heavy atom. The number of aromatic nitrogens is 1. The topological polar surface area (TPSA) is 54.0 Å². The van der Waals surface area contributed by atoms with E-state index in [1.807, 2.05) is 45.9 Å². The first kappa shape index (κ1) is 14.6. The van der Waals surface area contributed by atoms with Gasteiger partial charge in [0.1, 0.15) is 0 Å². The molecular weight excluding hydrogens is 226 g/mol. The van der Waals surface area contributed by atoms with Crippen molar-refractivity contribution in [2.75, 3.05) is 6.54 Å². The quantitative estimate of drug-likeness (QED) is 0.782. The first-order chi connectivity index (χ1) is 8.37. The van der Waals surface area contributed by atoms with Gasteiger partial charge in [0.05, 0.1) is 5.69 Å². The molecule has 1 amide bonds. The van der Waals surface area contributed by atoms with Crippen molar-refractivity contribution in [2.45, 2.75) is 46.2 Å². The monoisotopic (exact) mass is 249 g/mol. The lowest BCUT2D eigenvalue weighted by atomic mass is 10.1. The van der Waals surface area contributed by atoms with Crippen LogP contribution in [0, 0.1) is 6.92 Å². The number of carbonyl (C=O) groups is 1. The Morgan fingerprint density at radius 2 is 2.06 bits per heavy atom. The average molecular weight is 249 g/mol. The van der Waals surface area contributed by atoms with E-state index in [1.165, 1.54) is 0 Å². The minimum Gasteiger partial charge on any atom is -0.351 e. The van der Waals surface area contributed by atoms with Crippen molar-refractivity contribution in [2.24, 2.45) is 0 Å². The van der Waals surface area contributed by atoms with Gasteiger partial charge >= 0.3 is 0 Å². The third-order valence-corrected chi connectivity index (χ3v) is 2.30. The van der Waals surface area contributed by atoms with Gasteiger partial charge < -0.3 is 10.6 Å². The van der Waals surface area contributed by atoms with Gasteiger partial charge in [-0.15, -0.1) is 0 Å². The molecule has 0 aliphatic carbocycles. The van der Waals surface area contributed by atoms with Gasteiger partial charge in [0.2, 0.25) is 5.91 Å². The van der Waals surface area contributed by atoms with Gasteiger partial charge in [-0.05, 0) is 39.8 Å². The molecule has 0 aliphatic rings. The summed E-state index contributed by atoms with van der Waals surface area (Å²) in [6.45, 7) is 9.28. The van der Waals surface area contributed by atoms with E-state index in [1.54, 1.807) is 0 Å². The summed E-state index contributed by atoms with van der Waals surface area (Å²) < 4.78 is 0. The standard InChI is InChI=1S/C14H23N3O/c1-11-6-5-7-12(16-11)10-15-9-8-13(18)17-14(2,3)4/h5-7,15H,8-10H2,1-4H3,(H,17,18). The van der Waals surface area contributed by atoms with Crippen LogP contribution in [0.3, 0.4) is 0 Å². The maximum Gasteiger partial charge on any atom is 0.221 e. The van der Waals surface area contributed by atoms with Crippen molar-refractivity contribution in [1.82, 2.24) is 15.6 Å². The van der Waals surface area contributed by atoms with E-state index in [2.05, 4.69) is 15.6 Å². The molecule has 0 saturated heterocycles. The van der Waals surface area contributed by atoms with Crippen LogP contribution >= 0.6 is 0 Å². The molecule has 18 heavy (non-hydrogen) atoms. The average Bonchev–Trinajstić information content (AvgIpc) is 2.22. The van der Waals surface area contributed by atoms with Gasteiger partial charge in [0.25, 0.3) is 0 Å². The zero-order valence-corrected chi connectivity index (χ0v) is 11.7. The third-order valence-electron chi connectivity index (χ3n) is 2.30. The predicted octanol–water partition coefficient (Wildman–Crippen LogP) is 1.78. The molecule has 4 heteroatoms. The molecule has 4 nitrogen and oxygen atoms in total. The molecule has 0 unspecified atom stereocenters. The summed E-state index contributed by atoms with van der Waals surface area (Å²) in [5, 5.41) is 6.15. The summed E-state index contributed by atoms with van der Waals surface area (Å²) in [5.41, 5.74) is 1.86. The summed E-state index contributed by atoms with van der Waals surface area (Å²) in [4.78, 5) is 15.9. The molecule has 1 aromatic heterocycles. The smallest absolute Gasteiger partial charge is 0.221 e. The summed E-state index contributed by atoms with van der Waals surface area (Å²) in [7, 11) is 0. The predicted molar refractivity (Wildman–Crippen MR) is 73.2 cm³/mol. The number of nitrogens with one attached hydrogen (secondary N) is 2. The molecule has 0 aromatic carbocycles. The molecule has 0 radical (unpaired) electrons. The summed E-state index contributed by atoms with van der Waals surface area (Å²) >= 11 is 0. The normalized spacial score (nSPS) is 11.3. The van der Waals surface area contributed by atoms with Gasteiger partial charge in [0.15, 0.2) is 0 Å². The van der Waals surface area contributed by atoms with Gasteiger partial charge in [-0.2, -0.15) is 0 Å².